The Hall–Kier alpha value is -1.35. The van der Waals surface area contributed by atoms with Crippen molar-refractivity contribution in [3.8, 4) is 0 Å². The molecule has 2 heterocycles. The molecule has 1 N–H and O–H groups in total. The SMILES string of the molecule is CCCC1OC(=O)c2cc3c(cc21)CCNC3. The molecule has 0 amide bonds. The fraction of sp³-hybridized carbons (Fsp3) is 0.500. The van der Waals surface area contributed by atoms with Gasteiger partial charge in [0.1, 0.15) is 6.10 Å². The van der Waals surface area contributed by atoms with Crippen LogP contribution in [0.5, 0.6) is 0 Å². The Morgan fingerprint density at radius 3 is 3.12 bits per heavy atom. The van der Waals surface area contributed by atoms with Crippen molar-refractivity contribution in [1.82, 2.24) is 5.32 Å². The van der Waals surface area contributed by atoms with Gasteiger partial charge in [-0.1, -0.05) is 19.4 Å². The summed E-state index contributed by atoms with van der Waals surface area (Å²) in [6.07, 6.45) is 3.00. The van der Waals surface area contributed by atoms with Crippen molar-refractivity contribution >= 4 is 5.97 Å². The van der Waals surface area contributed by atoms with Gasteiger partial charge in [-0.3, -0.25) is 0 Å². The molecule has 0 aromatic heterocycles. The Balaban J connectivity index is 2.04. The van der Waals surface area contributed by atoms with Crippen LogP contribution in [0.1, 0.15) is 52.9 Å². The Morgan fingerprint density at radius 1 is 1.41 bits per heavy atom. The van der Waals surface area contributed by atoms with Gasteiger partial charge < -0.3 is 10.1 Å². The molecule has 17 heavy (non-hydrogen) atoms. The van der Waals surface area contributed by atoms with Crippen LogP contribution in [-0.4, -0.2) is 12.5 Å². The first-order valence-corrected chi connectivity index (χ1v) is 6.37. The molecule has 0 bridgehead atoms. The zero-order valence-electron chi connectivity index (χ0n) is 10.1. The molecule has 2 aliphatic rings. The van der Waals surface area contributed by atoms with Crippen LogP contribution in [-0.2, 0) is 17.7 Å². The summed E-state index contributed by atoms with van der Waals surface area (Å²) < 4.78 is 5.43. The lowest BCUT2D eigenvalue weighted by Crippen LogP contribution is -2.24. The van der Waals surface area contributed by atoms with Crippen LogP contribution in [0.3, 0.4) is 0 Å². The lowest BCUT2D eigenvalue weighted by atomic mass is 9.92. The minimum Gasteiger partial charge on any atom is -0.454 e. The summed E-state index contributed by atoms with van der Waals surface area (Å²) in [5.74, 6) is -0.146. The zero-order chi connectivity index (χ0) is 11.8. The van der Waals surface area contributed by atoms with E-state index in [1.165, 1.54) is 11.1 Å². The first-order chi connectivity index (χ1) is 8.29. The number of ether oxygens (including phenoxy) is 1. The summed E-state index contributed by atoms with van der Waals surface area (Å²) in [6, 6.07) is 4.21. The van der Waals surface area contributed by atoms with Crippen LogP contribution in [0.4, 0.5) is 0 Å². The number of nitrogens with one attached hydrogen (secondary N) is 1. The predicted molar refractivity (Wildman–Crippen MR) is 64.9 cm³/mol. The molecule has 0 saturated carbocycles. The van der Waals surface area contributed by atoms with Gasteiger partial charge in [-0.05, 0) is 36.6 Å². The average molecular weight is 231 g/mol. The zero-order valence-corrected chi connectivity index (χ0v) is 10.1. The Bertz CT molecular complexity index is 468. The highest BCUT2D eigenvalue weighted by Gasteiger charge is 2.31. The van der Waals surface area contributed by atoms with Crippen LogP contribution in [0.25, 0.3) is 0 Å². The molecular weight excluding hydrogens is 214 g/mol. The number of cyclic esters (lactones) is 1. The van der Waals surface area contributed by atoms with Crippen LogP contribution < -0.4 is 5.32 Å². The maximum atomic E-state index is 11.8. The number of fused-ring (bicyclic) bond motifs is 2. The highest BCUT2D eigenvalue weighted by Crippen LogP contribution is 2.36. The summed E-state index contributed by atoms with van der Waals surface area (Å²) in [5.41, 5.74) is 4.52. The van der Waals surface area contributed by atoms with E-state index in [1.54, 1.807) is 0 Å². The van der Waals surface area contributed by atoms with E-state index in [1.807, 2.05) is 6.07 Å². The lowest BCUT2D eigenvalue weighted by molar-refractivity contribution is 0.0367. The molecule has 90 valence electrons. The number of rotatable bonds is 2. The molecule has 1 aromatic carbocycles. The highest BCUT2D eigenvalue weighted by atomic mass is 16.5. The van der Waals surface area contributed by atoms with Gasteiger partial charge in [0.25, 0.3) is 0 Å². The highest BCUT2D eigenvalue weighted by molar-refractivity contribution is 5.94. The summed E-state index contributed by atoms with van der Waals surface area (Å²) >= 11 is 0. The molecule has 1 atom stereocenters. The second kappa shape index (κ2) is 4.15. The summed E-state index contributed by atoms with van der Waals surface area (Å²) in [7, 11) is 0. The van der Waals surface area contributed by atoms with E-state index in [-0.39, 0.29) is 12.1 Å². The topological polar surface area (TPSA) is 38.3 Å². The monoisotopic (exact) mass is 231 g/mol. The standard InChI is InChI=1S/C14H17NO2/c1-2-3-13-11-6-9-4-5-15-8-10(9)7-12(11)14(16)17-13/h6-7,13,15H,2-5,8H2,1H3. The van der Waals surface area contributed by atoms with Gasteiger partial charge in [0, 0.05) is 12.1 Å². The summed E-state index contributed by atoms with van der Waals surface area (Å²) in [4.78, 5) is 11.8. The molecule has 0 saturated heterocycles. The molecule has 0 fully saturated rings. The summed E-state index contributed by atoms with van der Waals surface area (Å²) in [6.45, 7) is 4.02. The van der Waals surface area contributed by atoms with Crippen molar-refractivity contribution in [2.24, 2.45) is 0 Å². The van der Waals surface area contributed by atoms with Gasteiger partial charge in [-0.15, -0.1) is 0 Å². The quantitative estimate of drug-likeness (QED) is 0.794. The molecule has 0 aliphatic carbocycles. The van der Waals surface area contributed by atoms with Crippen molar-refractivity contribution in [3.05, 3.63) is 34.4 Å². The third kappa shape index (κ3) is 1.75. The molecule has 3 rings (SSSR count). The Morgan fingerprint density at radius 2 is 2.29 bits per heavy atom. The van der Waals surface area contributed by atoms with Crippen LogP contribution in [0.15, 0.2) is 12.1 Å². The van der Waals surface area contributed by atoms with Crippen LogP contribution in [0, 0.1) is 0 Å². The Labute approximate surface area is 101 Å². The van der Waals surface area contributed by atoms with E-state index >= 15 is 0 Å². The number of carbonyl (C=O) groups is 1. The van der Waals surface area contributed by atoms with Gasteiger partial charge in [0.2, 0.25) is 0 Å². The number of hydrogen-bond donors (Lipinski definition) is 1. The van der Waals surface area contributed by atoms with Crippen LogP contribution >= 0.6 is 0 Å². The van der Waals surface area contributed by atoms with Gasteiger partial charge in [-0.2, -0.15) is 0 Å². The molecule has 1 aromatic rings. The van der Waals surface area contributed by atoms with Crippen molar-refractivity contribution < 1.29 is 9.53 Å². The molecule has 0 spiro atoms. The number of esters is 1. The minimum atomic E-state index is -0.146. The van der Waals surface area contributed by atoms with E-state index in [4.69, 9.17) is 4.74 Å². The maximum Gasteiger partial charge on any atom is 0.339 e. The number of benzene rings is 1. The van der Waals surface area contributed by atoms with Gasteiger partial charge >= 0.3 is 5.97 Å². The lowest BCUT2D eigenvalue weighted by Gasteiger charge is -2.18. The molecule has 2 aliphatic heterocycles. The number of hydrogen-bond acceptors (Lipinski definition) is 3. The normalized spacial score (nSPS) is 21.9. The molecule has 3 nitrogen and oxygen atoms in total. The van der Waals surface area contributed by atoms with Crippen molar-refractivity contribution in [2.75, 3.05) is 6.54 Å². The summed E-state index contributed by atoms with van der Waals surface area (Å²) in [5, 5.41) is 3.33. The van der Waals surface area contributed by atoms with Gasteiger partial charge in [-0.25, -0.2) is 4.79 Å². The van der Waals surface area contributed by atoms with E-state index in [2.05, 4.69) is 18.3 Å². The predicted octanol–water partition coefficient (Wildman–Crippen LogP) is 2.34. The fourth-order valence-corrected chi connectivity index (χ4v) is 2.73. The fourth-order valence-electron chi connectivity index (χ4n) is 2.73. The third-order valence-corrected chi connectivity index (χ3v) is 3.63. The minimum absolute atomic E-state index is 0.0114. The molecule has 0 radical (unpaired) electrons. The van der Waals surface area contributed by atoms with Gasteiger partial charge in [0.05, 0.1) is 5.56 Å². The Kier molecular flexibility index (Phi) is 2.63. The first-order valence-electron chi connectivity index (χ1n) is 6.37. The molecular formula is C14H17NO2. The smallest absolute Gasteiger partial charge is 0.339 e. The van der Waals surface area contributed by atoms with E-state index in [0.717, 1.165) is 43.5 Å². The van der Waals surface area contributed by atoms with Gasteiger partial charge in [0.15, 0.2) is 0 Å². The molecule has 1 unspecified atom stereocenters. The van der Waals surface area contributed by atoms with Crippen molar-refractivity contribution in [3.63, 3.8) is 0 Å². The second-order valence-corrected chi connectivity index (χ2v) is 4.82. The van der Waals surface area contributed by atoms with E-state index in [0.29, 0.717) is 0 Å². The molecule has 3 heteroatoms. The average Bonchev–Trinajstić information content (AvgIpc) is 2.64. The third-order valence-electron chi connectivity index (χ3n) is 3.63. The maximum absolute atomic E-state index is 11.8. The number of carbonyl (C=O) groups excluding carboxylic acids is 1. The van der Waals surface area contributed by atoms with E-state index in [9.17, 15) is 4.79 Å². The van der Waals surface area contributed by atoms with Crippen molar-refractivity contribution in [2.45, 2.75) is 38.8 Å². The van der Waals surface area contributed by atoms with Crippen LogP contribution in [0.2, 0.25) is 0 Å². The largest absolute Gasteiger partial charge is 0.454 e. The van der Waals surface area contributed by atoms with E-state index < -0.39 is 0 Å². The first kappa shape index (κ1) is 10.8. The second-order valence-electron chi connectivity index (χ2n) is 4.82. The van der Waals surface area contributed by atoms with Crippen molar-refractivity contribution in [1.29, 1.82) is 0 Å².